The van der Waals surface area contributed by atoms with Crippen molar-refractivity contribution in [3.63, 3.8) is 0 Å². The van der Waals surface area contributed by atoms with Crippen molar-refractivity contribution >= 4 is 6.09 Å². The summed E-state index contributed by atoms with van der Waals surface area (Å²) >= 11 is 0. The minimum absolute atomic E-state index is 0.0250. The Labute approximate surface area is 125 Å². The Morgan fingerprint density at radius 2 is 2.05 bits per heavy atom. The van der Waals surface area contributed by atoms with Crippen LogP contribution in [0.1, 0.15) is 45.6 Å². The lowest BCUT2D eigenvalue weighted by molar-refractivity contribution is 0.0506. The van der Waals surface area contributed by atoms with Crippen LogP contribution >= 0.6 is 0 Å². The van der Waals surface area contributed by atoms with Gasteiger partial charge in [0, 0.05) is 6.04 Å². The third-order valence-corrected chi connectivity index (χ3v) is 2.69. The van der Waals surface area contributed by atoms with E-state index in [1.54, 1.807) is 6.07 Å². The van der Waals surface area contributed by atoms with Crippen LogP contribution in [0.5, 0.6) is 0 Å². The molecular weight excluding hydrogens is 272 g/mol. The summed E-state index contributed by atoms with van der Waals surface area (Å²) in [4.78, 5) is 11.6. The van der Waals surface area contributed by atoms with E-state index in [0.29, 0.717) is 12.3 Å². The van der Waals surface area contributed by atoms with Gasteiger partial charge in [0.1, 0.15) is 23.7 Å². The Morgan fingerprint density at radius 1 is 1.38 bits per heavy atom. The molecule has 0 aliphatic carbocycles. The molecule has 0 aromatic carbocycles. The van der Waals surface area contributed by atoms with E-state index in [4.69, 9.17) is 14.3 Å². The lowest BCUT2D eigenvalue weighted by atomic mass is 10.2. The summed E-state index contributed by atoms with van der Waals surface area (Å²) in [7, 11) is 0. The molecule has 1 aromatic heterocycles. The average Bonchev–Trinajstić information content (AvgIpc) is 2.80. The monoisotopic (exact) mass is 298 g/mol. The molecule has 1 unspecified atom stereocenters. The van der Waals surface area contributed by atoms with Crippen LogP contribution in [0.25, 0.3) is 0 Å². The average molecular weight is 298 g/mol. The summed E-state index contributed by atoms with van der Waals surface area (Å²) in [5, 5.41) is 14.9. The largest absolute Gasteiger partial charge is 0.462 e. The number of ether oxygens (including phenoxy) is 1. The van der Waals surface area contributed by atoms with E-state index in [-0.39, 0.29) is 12.6 Å². The second-order valence-corrected chi connectivity index (χ2v) is 6.04. The number of alkyl carbamates (subject to hydrolysis) is 1. The SMILES string of the molecule is CC(CCNCc1ccc(CO)o1)NC(=O)OC(C)(C)C. The van der Waals surface area contributed by atoms with Crippen LogP contribution in [0.4, 0.5) is 4.79 Å². The molecule has 1 aromatic rings. The first-order valence-electron chi connectivity index (χ1n) is 7.19. The standard InChI is InChI=1S/C15H26N2O4/c1-11(17-14(19)21-15(2,3)4)7-8-16-9-12-5-6-13(10-18)20-12/h5-6,11,16,18H,7-10H2,1-4H3,(H,17,19). The van der Waals surface area contributed by atoms with Crippen LogP contribution in [0.2, 0.25) is 0 Å². The van der Waals surface area contributed by atoms with Gasteiger partial charge in [-0.2, -0.15) is 0 Å². The second-order valence-electron chi connectivity index (χ2n) is 6.04. The molecule has 0 saturated carbocycles. The highest BCUT2D eigenvalue weighted by Gasteiger charge is 2.17. The Kier molecular flexibility index (Phi) is 6.71. The molecule has 21 heavy (non-hydrogen) atoms. The highest BCUT2D eigenvalue weighted by atomic mass is 16.6. The third-order valence-electron chi connectivity index (χ3n) is 2.69. The van der Waals surface area contributed by atoms with Gasteiger partial charge in [0.2, 0.25) is 0 Å². The van der Waals surface area contributed by atoms with Gasteiger partial charge in [-0.15, -0.1) is 0 Å². The van der Waals surface area contributed by atoms with Crippen LogP contribution < -0.4 is 10.6 Å². The van der Waals surface area contributed by atoms with Gasteiger partial charge in [-0.1, -0.05) is 0 Å². The predicted molar refractivity (Wildman–Crippen MR) is 79.8 cm³/mol. The Hall–Kier alpha value is -1.53. The van der Waals surface area contributed by atoms with Crippen LogP contribution in [0.15, 0.2) is 16.5 Å². The number of aliphatic hydroxyl groups excluding tert-OH is 1. The van der Waals surface area contributed by atoms with Crippen molar-refractivity contribution in [3.05, 3.63) is 23.7 Å². The maximum absolute atomic E-state index is 11.6. The van der Waals surface area contributed by atoms with Crippen molar-refractivity contribution in [2.45, 2.75) is 58.9 Å². The minimum Gasteiger partial charge on any atom is -0.462 e. The highest BCUT2D eigenvalue weighted by Crippen LogP contribution is 2.08. The van der Waals surface area contributed by atoms with Gasteiger partial charge in [0.05, 0.1) is 6.54 Å². The molecule has 1 amide bonds. The number of carbonyl (C=O) groups is 1. The second kappa shape index (κ2) is 8.05. The van der Waals surface area contributed by atoms with Gasteiger partial charge >= 0.3 is 6.09 Å². The van der Waals surface area contributed by atoms with Gasteiger partial charge in [-0.3, -0.25) is 0 Å². The number of aliphatic hydroxyl groups is 1. The van der Waals surface area contributed by atoms with E-state index in [1.807, 2.05) is 33.8 Å². The molecule has 0 bridgehead atoms. The van der Waals surface area contributed by atoms with Gasteiger partial charge in [0.15, 0.2) is 0 Å². The number of amides is 1. The van der Waals surface area contributed by atoms with E-state index < -0.39 is 11.7 Å². The van der Waals surface area contributed by atoms with Gasteiger partial charge in [0.25, 0.3) is 0 Å². The maximum Gasteiger partial charge on any atom is 0.407 e. The summed E-state index contributed by atoms with van der Waals surface area (Å²) in [6.45, 7) is 8.69. The van der Waals surface area contributed by atoms with Crippen LogP contribution in [-0.2, 0) is 17.9 Å². The third kappa shape index (κ3) is 7.72. The Morgan fingerprint density at radius 3 is 2.62 bits per heavy atom. The maximum atomic E-state index is 11.6. The zero-order valence-corrected chi connectivity index (χ0v) is 13.2. The smallest absolute Gasteiger partial charge is 0.407 e. The van der Waals surface area contributed by atoms with Crippen LogP contribution in [0.3, 0.4) is 0 Å². The summed E-state index contributed by atoms with van der Waals surface area (Å²) in [6.07, 6.45) is 0.390. The number of hydrogen-bond donors (Lipinski definition) is 3. The van der Waals surface area contributed by atoms with E-state index >= 15 is 0 Å². The molecule has 6 heteroatoms. The van der Waals surface area contributed by atoms with Gasteiger partial charge in [-0.05, 0) is 52.8 Å². The van der Waals surface area contributed by atoms with Crippen LogP contribution in [-0.4, -0.2) is 29.4 Å². The molecule has 0 spiro atoms. The minimum atomic E-state index is -0.480. The van der Waals surface area contributed by atoms with Crippen molar-refractivity contribution in [2.24, 2.45) is 0 Å². The fourth-order valence-corrected chi connectivity index (χ4v) is 1.71. The zero-order valence-electron chi connectivity index (χ0n) is 13.2. The lowest BCUT2D eigenvalue weighted by Gasteiger charge is -2.22. The predicted octanol–water partition coefficient (Wildman–Crippen LogP) is 2.16. The molecule has 0 fully saturated rings. The van der Waals surface area contributed by atoms with Crippen molar-refractivity contribution in [3.8, 4) is 0 Å². The van der Waals surface area contributed by atoms with Crippen molar-refractivity contribution in [2.75, 3.05) is 6.54 Å². The molecule has 120 valence electrons. The van der Waals surface area contributed by atoms with E-state index in [9.17, 15) is 4.79 Å². The topological polar surface area (TPSA) is 83.7 Å². The first-order chi connectivity index (χ1) is 9.80. The van der Waals surface area contributed by atoms with E-state index in [0.717, 1.165) is 18.7 Å². The Bertz CT molecular complexity index is 437. The summed E-state index contributed by atoms with van der Waals surface area (Å²) in [5.41, 5.74) is -0.480. The molecular formula is C15H26N2O4. The first kappa shape index (κ1) is 17.5. The van der Waals surface area contributed by atoms with Gasteiger partial charge in [-0.25, -0.2) is 4.79 Å². The molecule has 0 radical (unpaired) electrons. The first-order valence-corrected chi connectivity index (χ1v) is 7.19. The Balaban J connectivity index is 2.15. The van der Waals surface area contributed by atoms with Crippen molar-refractivity contribution < 1.29 is 19.1 Å². The molecule has 1 heterocycles. The fourth-order valence-electron chi connectivity index (χ4n) is 1.71. The zero-order chi connectivity index (χ0) is 15.9. The quantitative estimate of drug-likeness (QED) is 0.672. The van der Waals surface area contributed by atoms with Crippen molar-refractivity contribution in [1.29, 1.82) is 0 Å². The molecule has 0 aliphatic heterocycles. The number of hydrogen-bond acceptors (Lipinski definition) is 5. The molecule has 6 nitrogen and oxygen atoms in total. The van der Waals surface area contributed by atoms with E-state index in [1.165, 1.54) is 0 Å². The highest BCUT2D eigenvalue weighted by molar-refractivity contribution is 5.67. The normalized spacial score (nSPS) is 13.0. The number of nitrogens with one attached hydrogen (secondary N) is 2. The molecule has 3 N–H and O–H groups in total. The summed E-state index contributed by atoms with van der Waals surface area (Å²) in [6, 6.07) is 3.61. The lowest BCUT2D eigenvalue weighted by Crippen LogP contribution is -2.38. The van der Waals surface area contributed by atoms with E-state index in [2.05, 4.69) is 10.6 Å². The van der Waals surface area contributed by atoms with Gasteiger partial charge < -0.3 is 24.9 Å². The number of furan rings is 1. The van der Waals surface area contributed by atoms with Crippen molar-refractivity contribution in [1.82, 2.24) is 10.6 Å². The number of carbonyl (C=O) groups excluding carboxylic acids is 1. The number of rotatable bonds is 7. The fraction of sp³-hybridized carbons (Fsp3) is 0.667. The summed E-state index contributed by atoms with van der Waals surface area (Å²) in [5.74, 6) is 1.35. The molecule has 1 rings (SSSR count). The molecule has 0 saturated heterocycles. The molecule has 0 aliphatic rings. The summed E-state index contributed by atoms with van der Waals surface area (Å²) < 4.78 is 10.5. The van der Waals surface area contributed by atoms with Crippen LogP contribution in [0, 0.1) is 0 Å². The molecule has 1 atom stereocenters.